The Bertz CT molecular complexity index is 1340. The summed E-state index contributed by atoms with van der Waals surface area (Å²) in [6.07, 6.45) is -1.28. The molecule has 3 N–H and O–H groups in total. The largest absolute Gasteiger partial charge is 0.418 e. The summed E-state index contributed by atoms with van der Waals surface area (Å²) < 4.78 is 44.3. The van der Waals surface area contributed by atoms with Crippen LogP contribution in [0.25, 0.3) is 27.9 Å². The third kappa shape index (κ3) is 3.84. The molecular formula is C20H20F3N9O. The molecule has 5 rings (SSSR count). The smallest absolute Gasteiger partial charge is 0.353 e. The quantitative estimate of drug-likeness (QED) is 0.426. The fourth-order valence-electron chi connectivity index (χ4n) is 3.74. The molecular weight excluding hydrogens is 439 g/mol. The molecule has 4 aromatic rings. The van der Waals surface area contributed by atoms with Crippen molar-refractivity contribution < 1.29 is 18.0 Å². The maximum Gasteiger partial charge on any atom is 0.418 e. The maximum atomic E-state index is 13.7. The van der Waals surface area contributed by atoms with Crippen LogP contribution in [0.4, 0.5) is 19.1 Å². The van der Waals surface area contributed by atoms with Gasteiger partial charge in [-0.15, -0.1) is 5.10 Å². The normalized spacial score (nSPS) is 17.3. The van der Waals surface area contributed by atoms with Gasteiger partial charge in [-0.2, -0.15) is 22.8 Å². The van der Waals surface area contributed by atoms with E-state index in [9.17, 15) is 18.0 Å². The Hall–Kier alpha value is -3.74. The summed E-state index contributed by atoms with van der Waals surface area (Å²) in [5, 5.41) is 17.7. The number of hydrogen-bond acceptors (Lipinski definition) is 7. The third-order valence-electron chi connectivity index (χ3n) is 5.39. The van der Waals surface area contributed by atoms with Gasteiger partial charge in [0, 0.05) is 37.8 Å². The molecule has 1 aromatic carbocycles. The van der Waals surface area contributed by atoms with E-state index in [-0.39, 0.29) is 40.8 Å². The number of amides is 1. The van der Waals surface area contributed by atoms with Crippen LogP contribution < -0.4 is 16.0 Å². The number of hydrogen-bond donors (Lipinski definition) is 3. The maximum absolute atomic E-state index is 13.7. The molecule has 0 spiro atoms. The van der Waals surface area contributed by atoms with Gasteiger partial charge in [-0.1, -0.05) is 6.07 Å². The number of carbonyl (C=O) groups is 1. The number of para-hydroxylation sites is 1. The standard InChI is InChI=1S/C20H20F3N9O/c1-2-31-10-11(8-26-31)16-29-17-12-4-3-5-13(20(21,22)23)15(12)28-19(32(17)30-16)27-14-9-24-6-7-25-18(14)33/h3-5,8,10,14,24H,2,6-7,9H2,1H3,(H,25,33)(H,27,28)/t14-/m1/s1. The van der Waals surface area contributed by atoms with Crippen molar-refractivity contribution in [3.8, 4) is 11.4 Å². The van der Waals surface area contributed by atoms with E-state index in [4.69, 9.17) is 0 Å². The first-order valence-corrected chi connectivity index (χ1v) is 10.4. The van der Waals surface area contributed by atoms with Crippen LogP contribution in [-0.4, -0.2) is 60.9 Å². The minimum atomic E-state index is -4.62. The highest BCUT2D eigenvalue weighted by molar-refractivity contribution is 5.95. The lowest BCUT2D eigenvalue weighted by molar-refractivity contribution is -0.136. The molecule has 1 saturated heterocycles. The predicted octanol–water partition coefficient (Wildman–Crippen LogP) is 1.68. The van der Waals surface area contributed by atoms with Gasteiger partial charge in [0.15, 0.2) is 11.5 Å². The van der Waals surface area contributed by atoms with Crippen molar-refractivity contribution in [3.05, 3.63) is 36.2 Å². The van der Waals surface area contributed by atoms with Crippen LogP contribution in [0, 0.1) is 0 Å². The molecule has 1 aliphatic rings. The first-order valence-electron chi connectivity index (χ1n) is 10.4. The fourth-order valence-corrected chi connectivity index (χ4v) is 3.74. The Morgan fingerprint density at radius 2 is 2.09 bits per heavy atom. The van der Waals surface area contributed by atoms with Crippen LogP contribution >= 0.6 is 0 Å². The number of fused-ring (bicyclic) bond motifs is 3. The molecule has 1 fully saturated rings. The molecule has 0 saturated carbocycles. The van der Waals surface area contributed by atoms with E-state index < -0.39 is 17.8 Å². The lowest BCUT2D eigenvalue weighted by atomic mass is 10.1. The molecule has 33 heavy (non-hydrogen) atoms. The van der Waals surface area contributed by atoms with Gasteiger partial charge >= 0.3 is 6.18 Å². The Kier molecular flexibility index (Phi) is 5.12. The van der Waals surface area contributed by atoms with Gasteiger partial charge in [-0.05, 0) is 19.1 Å². The second kappa shape index (κ2) is 7.99. The van der Waals surface area contributed by atoms with Crippen LogP contribution in [-0.2, 0) is 17.5 Å². The van der Waals surface area contributed by atoms with Gasteiger partial charge in [-0.25, -0.2) is 9.97 Å². The van der Waals surface area contributed by atoms with Gasteiger partial charge in [0.25, 0.3) is 0 Å². The molecule has 4 heterocycles. The summed E-state index contributed by atoms with van der Waals surface area (Å²) in [4.78, 5) is 21.2. The minimum absolute atomic E-state index is 0.0142. The van der Waals surface area contributed by atoms with Gasteiger partial charge < -0.3 is 16.0 Å². The van der Waals surface area contributed by atoms with Gasteiger partial charge in [-0.3, -0.25) is 9.48 Å². The predicted molar refractivity (Wildman–Crippen MR) is 113 cm³/mol. The average molecular weight is 459 g/mol. The molecule has 0 radical (unpaired) electrons. The number of benzene rings is 1. The van der Waals surface area contributed by atoms with E-state index in [0.29, 0.717) is 25.2 Å². The number of halogens is 3. The van der Waals surface area contributed by atoms with Gasteiger partial charge in [0.1, 0.15) is 6.04 Å². The van der Waals surface area contributed by atoms with Crippen LogP contribution in [0.2, 0.25) is 0 Å². The summed E-state index contributed by atoms with van der Waals surface area (Å²) in [7, 11) is 0. The Labute approximate surface area is 185 Å². The molecule has 0 aliphatic carbocycles. The highest BCUT2D eigenvalue weighted by Gasteiger charge is 2.34. The number of carbonyl (C=O) groups excluding carboxylic acids is 1. The summed E-state index contributed by atoms with van der Waals surface area (Å²) >= 11 is 0. The highest BCUT2D eigenvalue weighted by Crippen LogP contribution is 2.36. The summed E-state index contributed by atoms with van der Waals surface area (Å²) in [5.74, 6) is -0.0173. The molecule has 1 amide bonds. The number of aryl methyl sites for hydroxylation is 1. The Morgan fingerprint density at radius 3 is 2.85 bits per heavy atom. The zero-order valence-electron chi connectivity index (χ0n) is 17.5. The van der Waals surface area contributed by atoms with Crippen molar-refractivity contribution in [1.29, 1.82) is 0 Å². The molecule has 10 nitrogen and oxygen atoms in total. The number of nitrogens with zero attached hydrogens (tertiary/aromatic N) is 6. The van der Waals surface area contributed by atoms with Crippen molar-refractivity contribution in [3.63, 3.8) is 0 Å². The molecule has 0 unspecified atom stereocenters. The third-order valence-corrected chi connectivity index (χ3v) is 5.39. The zero-order valence-corrected chi connectivity index (χ0v) is 17.5. The second-order valence-electron chi connectivity index (χ2n) is 7.58. The number of alkyl halides is 3. The molecule has 3 aromatic heterocycles. The minimum Gasteiger partial charge on any atom is -0.353 e. The molecule has 1 aliphatic heterocycles. The highest BCUT2D eigenvalue weighted by atomic mass is 19.4. The summed E-state index contributed by atoms with van der Waals surface area (Å²) in [6, 6.07) is 3.04. The lowest BCUT2D eigenvalue weighted by Crippen LogP contribution is -2.42. The average Bonchev–Trinajstić information content (AvgIpc) is 3.39. The van der Waals surface area contributed by atoms with E-state index in [0.717, 1.165) is 6.07 Å². The SMILES string of the molecule is CCn1cc(-c2nc3c4cccc(C(F)(F)F)c4nc(N[C@@H]4CNCCNC4=O)n3n2)cn1. The second-order valence-corrected chi connectivity index (χ2v) is 7.58. The van der Waals surface area contributed by atoms with E-state index in [2.05, 4.69) is 36.1 Å². The van der Waals surface area contributed by atoms with Crippen molar-refractivity contribution in [1.82, 2.24) is 40.0 Å². The molecule has 0 bridgehead atoms. The van der Waals surface area contributed by atoms with Crippen molar-refractivity contribution in [2.24, 2.45) is 0 Å². The topological polar surface area (TPSA) is 114 Å². The lowest BCUT2D eigenvalue weighted by Gasteiger charge is -2.17. The van der Waals surface area contributed by atoms with Crippen LogP contribution in [0.5, 0.6) is 0 Å². The van der Waals surface area contributed by atoms with E-state index >= 15 is 0 Å². The van der Waals surface area contributed by atoms with Crippen molar-refractivity contribution in [2.75, 3.05) is 25.0 Å². The zero-order chi connectivity index (χ0) is 23.2. The Morgan fingerprint density at radius 1 is 1.24 bits per heavy atom. The number of nitrogens with one attached hydrogen (secondary N) is 3. The van der Waals surface area contributed by atoms with E-state index in [1.165, 1.54) is 16.6 Å². The van der Waals surface area contributed by atoms with Crippen LogP contribution in [0.3, 0.4) is 0 Å². The summed E-state index contributed by atoms with van der Waals surface area (Å²) in [6.45, 7) is 3.88. The van der Waals surface area contributed by atoms with Crippen LogP contribution in [0.15, 0.2) is 30.6 Å². The molecule has 13 heteroatoms. The number of rotatable bonds is 4. The fraction of sp³-hybridized carbons (Fsp3) is 0.350. The Balaban J connectivity index is 1.72. The van der Waals surface area contributed by atoms with Crippen LogP contribution in [0.1, 0.15) is 12.5 Å². The van der Waals surface area contributed by atoms with E-state index in [1.54, 1.807) is 17.1 Å². The van der Waals surface area contributed by atoms with Gasteiger partial charge in [0.2, 0.25) is 11.9 Å². The monoisotopic (exact) mass is 459 g/mol. The summed E-state index contributed by atoms with van der Waals surface area (Å²) in [5.41, 5.74) is -0.363. The van der Waals surface area contributed by atoms with E-state index in [1.807, 2.05) is 6.92 Å². The first kappa shape index (κ1) is 21.1. The van der Waals surface area contributed by atoms with Crippen molar-refractivity contribution in [2.45, 2.75) is 25.7 Å². The molecule has 1 atom stereocenters. The first-order chi connectivity index (χ1) is 15.8. The molecule has 172 valence electrons. The van der Waals surface area contributed by atoms with Crippen molar-refractivity contribution >= 4 is 28.4 Å². The van der Waals surface area contributed by atoms with Gasteiger partial charge in [0.05, 0.1) is 22.8 Å². The number of anilines is 1. The number of aromatic nitrogens is 6.